The lowest BCUT2D eigenvalue weighted by atomic mass is 10.0. The van der Waals surface area contributed by atoms with Crippen molar-refractivity contribution in [3.05, 3.63) is 60.2 Å². The van der Waals surface area contributed by atoms with Crippen LogP contribution in [0.2, 0.25) is 0 Å². The van der Waals surface area contributed by atoms with Crippen LogP contribution in [0.15, 0.2) is 59.6 Å². The minimum atomic E-state index is 0.520. The summed E-state index contributed by atoms with van der Waals surface area (Å²) in [5.41, 5.74) is 4.23. The van der Waals surface area contributed by atoms with Crippen LogP contribution in [0.3, 0.4) is 0 Å². The fraction of sp³-hybridized carbons (Fsp3) is 0.238. The molecule has 3 rings (SSSR count). The van der Waals surface area contributed by atoms with Gasteiger partial charge in [0.15, 0.2) is 11.0 Å². The fourth-order valence-electron chi connectivity index (χ4n) is 2.61. The zero-order valence-electron chi connectivity index (χ0n) is 16.0. The van der Waals surface area contributed by atoms with Crippen molar-refractivity contribution in [3.63, 3.8) is 0 Å². The Morgan fingerprint density at radius 2 is 1.93 bits per heavy atom. The lowest BCUT2D eigenvalue weighted by molar-refractivity contribution is 0.415. The van der Waals surface area contributed by atoms with Crippen molar-refractivity contribution in [3.8, 4) is 17.0 Å². The van der Waals surface area contributed by atoms with Gasteiger partial charge in [-0.1, -0.05) is 49.9 Å². The Hall–Kier alpha value is -2.73. The molecule has 0 aliphatic rings. The molecule has 0 saturated carbocycles. The summed E-state index contributed by atoms with van der Waals surface area (Å²) in [6.45, 7) is 4.38. The van der Waals surface area contributed by atoms with E-state index < -0.39 is 0 Å². The number of hydrogen-bond acceptors (Lipinski definition) is 4. The summed E-state index contributed by atoms with van der Waals surface area (Å²) < 4.78 is 5.28. The van der Waals surface area contributed by atoms with Gasteiger partial charge in [-0.3, -0.25) is 5.10 Å². The molecule has 6 heteroatoms. The van der Waals surface area contributed by atoms with Crippen molar-refractivity contribution in [2.24, 2.45) is 4.99 Å². The van der Waals surface area contributed by atoms with Gasteiger partial charge in [-0.05, 0) is 42.0 Å². The van der Waals surface area contributed by atoms with Crippen LogP contribution in [0.1, 0.15) is 25.3 Å². The Morgan fingerprint density at radius 3 is 2.59 bits per heavy atom. The van der Waals surface area contributed by atoms with Gasteiger partial charge >= 0.3 is 0 Å². The molecule has 0 aliphatic carbocycles. The molecule has 0 spiro atoms. The first-order valence-corrected chi connectivity index (χ1v) is 10.0. The van der Waals surface area contributed by atoms with Crippen molar-refractivity contribution in [1.82, 2.24) is 10.2 Å². The van der Waals surface area contributed by atoms with Gasteiger partial charge in [0.1, 0.15) is 5.75 Å². The van der Waals surface area contributed by atoms with Crippen LogP contribution in [0, 0.1) is 0 Å². The first-order chi connectivity index (χ1) is 13.1. The normalized spacial score (nSPS) is 11.7. The van der Waals surface area contributed by atoms with E-state index in [4.69, 9.17) is 4.74 Å². The maximum Gasteiger partial charge on any atom is 0.176 e. The topological polar surface area (TPSA) is 62.3 Å². The van der Waals surface area contributed by atoms with E-state index in [9.17, 15) is 0 Å². The predicted molar refractivity (Wildman–Crippen MR) is 115 cm³/mol. The number of benzene rings is 2. The average Bonchev–Trinajstić information content (AvgIpc) is 3.16. The van der Waals surface area contributed by atoms with Gasteiger partial charge < -0.3 is 10.1 Å². The van der Waals surface area contributed by atoms with Gasteiger partial charge in [0.2, 0.25) is 0 Å². The number of H-pyrrole nitrogens is 1. The number of rotatable bonds is 5. The molecule has 2 N–H and O–H groups in total. The highest BCUT2D eigenvalue weighted by atomic mass is 32.2. The number of aromatic amines is 1. The van der Waals surface area contributed by atoms with E-state index in [2.05, 4.69) is 58.6 Å². The standard InChI is InChI=1S/C21H24N4OS/c1-14(2)15-8-10-17(11-9-15)22-21(27-4)23-20-13-19(24-25-20)16-6-5-7-18(12-16)26-3/h5-14H,1-4H3,(H2,22,23,24,25). The van der Waals surface area contributed by atoms with Gasteiger partial charge in [0, 0.05) is 17.3 Å². The van der Waals surface area contributed by atoms with Crippen molar-refractivity contribution >= 4 is 28.4 Å². The van der Waals surface area contributed by atoms with Crippen LogP contribution >= 0.6 is 11.8 Å². The molecule has 0 aliphatic heterocycles. The molecule has 0 atom stereocenters. The average molecular weight is 381 g/mol. The predicted octanol–water partition coefficient (Wildman–Crippen LogP) is 5.67. The molecule has 0 amide bonds. The van der Waals surface area contributed by atoms with E-state index >= 15 is 0 Å². The molecule has 1 heterocycles. The Labute approximate surface area is 164 Å². The number of nitrogens with zero attached hydrogens (tertiary/aromatic N) is 2. The second kappa shape index (κ2) is 8.77. The molecule has 3 aromatic rings. The van der Waals surface area contributed by atoms with Gasteiger partial charge in [0.25, 0.3) is 0 Å². The number of aliphatic imine (C=N–C) groups is 1. The van der Waals surface area contributed by atoms with Crippen LogP contribution < -0.4 is 10.1 Å². The number of ether oxygens (including phenoxy) is 1. The van der Waals surface area contributed by atoms with Crippen molar-refractivity contribution in [1.29, 1.82) is 0 Å². The number of hydrogen-bond donors (Lipinski definition) is 2. The van der Waals surface area contributed by atoms with Crippen molar-refractivity contribution in [2.45, 2.75) is 19.8 Å². The number of thioether (sulfide) groups is 1. The lowest BCUT2D eigenvalue weighted by Gasteiger charge is -2.09. The largest absolute Gasteiger partial charge is 0.497 e. The summed E-state index contributed by atoms with van der Waals surface area (Å²) in [6.07, 6.45) is 1.99. The SMILES string of the molecule is COc1cccc(-c2cc(N=C(Nc3ccc(C(C)C)cc3)SC)n[nH]2)c1. The minimum Gasteiger partial charge on any atom is -0.497 e. The molecule has 140 valence electrons. The maximum atomic E-state index is 5.28. The van der Waals surface area contributed by atoms with E-state index in [1.54, 1.807) is 18.9 Å². The zero-order chi connectivity index (χ0) is 19.2. The van der Waals surface area contributed by atoms with E-state index in [1.165, 1.54) is 5.56 Å². The Kier molecular flexibility index (Phi) is 6.19. The van der Waals surface area contributed by atoms with Gasteiger partial charge in [0.05, 0.1) is 12.8 Å². The number of amidine groups is 1. The number of aromatic nitrogens is 2. The van der Waals surface area contributed by atoms with Crippen molar-refractivity contribution < 1.29 is 4.74 Å². The van der Waals surface area contributed by atoms with Crippen LogP contribution in [0.4, 0.5) is 11.5 Å². The summed E-state index contributed by atoms with van der Waals surface area (Å²) in [7, 11) is 1.66. The highest BCUT2D eigenvalue weighted by Crippen LogP contribution is 2.25. The highest BCUT2D eigenvalue weighted by molar-refractivity contribution is 8.13. The number of anilines is 1. The minimum absolute atomic E-state index is 0.520. The summed E-state index contributed by atoms with van der Waals surface area (Å²) >= 11 is 1.55. The van der Waals surface area contributed by atoms with Gasteiger partial charge in [-0.25, -0.2) is 4.99 Å². The third-order valence-corrected chi connectivity index (χ3v) is 4.76. The number of nitrogens with one attached hydrogen (secondary N) is 2. The summed E-state index contributed by atoms with van der Waals surface area (Å²) in [4.78, 5) is 4.61. The van der Waals surface area contributed by atoms with Crippen LogP contribution in [0.25, 0.3) is 11.3 Å². The quantitative estimate of drug-likeness (QED) is 0.442. The Bertz CT molecular complexity index is 916. The van der Waals surface area contributed by atoms with Crippen LogP contribution in [0.5, 0.6) is 5.75 Å². The van der Waals surface area contributed by atoms with Crippen LogP contribution in [-0.4, -0.2) is 28.7 Å². The van der Waals surface area contributed by atoms with E-state index in [-0.39, 0.29) is 0 Å². The molecule has 0 saturated heterocycles. The molecule has 0 fully saturated rings. The second-order valence-electron chi connectivity index (χ2n) is 6.39. The third kappa shape index (κ3) is 4.92. The molecule has 5 nitrogen and oxygen atoms in total. The monoisotopic (exact) mass is 380 g/mol. The van der Waals surface area contributed by atoms with E-state index in [0.29, 0.717) is 11.7 Å². The van der Waals surface area contributed by atoms with Crippen LogP contribution in [-0.2, 0) is 0 Å². The molecule has 0 radical (unpaired) electrons. The molecule has 0 unspecified atom stereocenters. The number of methoxy groups -OCH3 is 1. The maximum absolute atomic E-state index is 5.28. The molecule has 0 bridgehead atoms. The first kappa shape index (κ1) is 19.0. The summed E-state index contributed by atoms with van der Waals surface area (Å²) in [6, 6.07) is 18.2. The molecule has 2 aromatic carbocycles. The van der Waals surface area contributed by atoms with E-state index in [0.717, 1.165) is 27.9 Å². The first-order valence-electron chi connectivity index (χ1n) is 8.78. The molecular weight excluding hydrogens is 356 g/mol. The van der Waals surface area contributed by atoms with Crippen molar-refractivity contribution in [2.75, 3.05) is 18.7 Å². The summed E-state index contributed by atoms with van der Waals surface area (Å²) in [5, 5.41) is 11.5. The van der Waals surface area contributed by atoms with Gasteiger partial charge in [-0.15, -0.1) is 0 Å². The highest BCUT2D eigenvalue weighted by Gasteiger charge is 2.07. The molecular formula is C21H24N4OS. The zero-order valence-corrected chi connectivity index (χ0v) is 16.8. The summed E-state index contributed by atoms with van der Waals surface area (Å²) in [5.74, 6) is 1.96. The second-order valence-corrected chi connectivity index (χ2v) is 7.19. The third-order valence-electron chi connectivity index (χ3n) is 4.18. The van der Waals surface area contributed by atoms with E-state index in [1.807, 2.05) is 36.6 Å². The fourth-order valence-corrected chi connectivity index (χ4v) is 3.02. The molecule has 27 heavy (non-hydrogen) atoms. The smallest absolute Gasteiger partial charge is 0.176 e. The van der Waals surface area contributed by atoms with Gasteiger partial charge in [-0.2, -0.15) is 5.10 Å². The molecule has 1 aromatic heterocycles. The Morgan fingerprint density at radius 1 is 1.15 bits per heavy atom. The lowest BCUT2D eigenvalue weighted by Crippen LogP contribution is -2.06. The Balaban J connectivity index is 1.76.